The maximum absolute atomic E-state index is 12.3. The van der Waals surface area contributed by atoms with Crippen LogP contribution in [0.1, 0.15) is 19.8 Å². The third-order valence-corrected chi connectivity index (χ3v) is 5.48. The molecule has 0 aromatic heterocycles. The van der Waals surface area contributed by atoms with E-state index in [9.17, 15) is 8.42 Å². The minimum atomic E-state index is -3.58. The van der Waals surface area contributed by atoms with E-state index in [2.05, 4.69) is 4.72 Å². The van der Waals surface area contributed by atoms with Crippen LogP contribution >= 0.6 is 11.6 Å². The van der Waals surface area contributed by atoms with Crippen LogP contribution in [-0.4, -0.2) is 27.7 Å². The highest BCUT2D eigenvalue weighted by Crippen LogP contribution is 2.24. The molecule has 0 amide bonds. The monoisotopic (exact) mass is 318 g/mol. The Morgan fingerprint density at radius 2 is 2.05 bits per heavy atom. The van der Waals surface area contributed by atoms with Crippen LogP contribution in [0.3, 0.4) is 0 Å². The third-order valence-electron chi connectivity index (χ3n) is 3.60. The minimum Gasteiger partial charge on any atom is -0.398 e. The zero-order valence-corrected chi connectivity index (χ0v) is 12.9. The zero-order valence-electron chi connectivity index (χ0n) is 11.3. The molecular formula is C13H19ClN2O3S. The van der Waals surface area contributed by atoms with Crippen LogP contribution in [0.2, 0.25) is 5.02 Å². The third kappa shape index (κ3) is 3.63. The Bertz CT molecular complexity index is 571. The van der Waals surface area contributed by atoms with E-state index in [-0.39, 0.29) is 16.0 Å². The summed E-state index contributed by atoms with van der Waals surface area (Å²) in [4.78, 5) is 0.135. The molecule has 1 unspecified atom stereocenters. The Hall–Kier alpha value is -0.820. The van der Waals surface area contributed by atoms with Gasteiger partial charge in [0.2, 0.25) is 10.0 Å². The van der Waals surface area contributed by atoms with Gasteiger partial charge < -0.3 is 10.5 Å². The smallest absolute Gasteiger partial charge is 0.240 e. The summed E-state index contributed by atoms with van der Waals surface area (Å²) in [5, 5.41) is 0.242. The van der Waals surface area contributed by atoms with Crippen LogP contribution in [0.4, 0.5) is 5.69 Å². The topological polar surface area (TPSA) is 81.4 Å². The number of ether oxygens (including phenoxy) is 1. The predicted octanol–water partition coefficient (Wildman–Crippen LogP) is 2.02. The molecule has 1 aromatic rings. The fourth-order valence-electron chi connectivity index (χ4n) is 2.30. The summed E-state index contributed by atoms with van der Waals surface area (Å²) in [7, 11) is -3.58. The second kappa shape index (κ2) is 6.30. The van der Waals surface area contributed by atoms with Crippen molar-refractivity contribution < 1.29 is 13.2 Å². The van der Waals surface area contributed by atoms with Gasteiger partial charge in [-0.15, -0.1) is 0 Å². The van der Waals surface area contributed by atoms with Gasteiger partial charge in [-0.1, -0.05) is 11.6 Å². The number of nitrogens with one attached hydrogen (secondary N) is 1. The van der Waals surface area contributed by atoms with Crippen LogP contribution in [0.5, 0.6) is 0 Å². The summed E-state index contributed by atoms with van der Waals surface area (Å²) in [6.07, 6.45) is 1.73. The van der Waals surface area contributed by atoms with Crippen molar-refractivity contribution in [3.63, 3.8) is 0 Å². The number of nitrogen functional groups attached to an aromatic ring is 1. The van der Waals surface area contributed by atoms with Crippen molar-refractivity contribution in [2.75, 3.05) is 18.9 Å². The molecule has 5 nitrogen and oxygen atoms in total. The summed E-state index contributed by atoms with van der Waals surface area (Å²) in [6.45, 7) is 3.25. The highest BCUT2D eigenvalue weighted by Gasteiger charge is 2.25. The van der Waals surface area contributed by atoms with Gasteiger partial charge in [-0.05, 0) is 43.9 Å². The molecule has 0 bridgehead atoms. The summed E-state index contributed by atoms with van der Waals surface area (Å²) >= 11 is 5.87. The van der Waals surface area contributed by atoms with Crippen molar-refractivity contribution in [3.05, 3.63) is 23.2 Å². The first kappa shape index (κ1) is 15.6. The zero-order chi connectivity index (χ0) is 14.8. The van der Waals surface area contributed by atoms with Gasteiger partial charge in [0.05, 0.1) is 15.6 Å². The fraction of sp³-hybridized carbons (Fsp3) is 0.538. The Balaban J connectivity index is 2.11. The lowest BCUT2D eigenvalue weighted by atomic mass is 9.94. The van der Waals surface area contributed by atoms with E-state index in [4.69, 9.17) is 22.1 Å². The molecule has 20 heavy (non-hydrogen) atoms. The molecule has 0 aliphatic carbocycles. The second-order valence-corrected chi connectivity index (χ2v) is 7.16. The molecule has 7 heteroatoms. The quantitative estimate of drug-likeness (QED) is 0.832. The average molecular weight is 319 g/mol. The van der Waals surface area contributed by atoms with Gasteiger partial charge in [-0.3, -0.25) is 0 Å². The maximum atomic E-state index is 12.3. The SMILES string of the molecule is CC(NS(=O)(=O)c1ccc(N)c(Cl)c1)C1CCOCC1. The molecule has 1 aliphatic heterocycles. The normalized spacial score (nSPS) is 18.9. The number of rotatable bonds is 4. The van der Waals surface area contributed by atoms with Crippen LogP contribution in [-0.2, 0) is 14.8 Å². The van der Waals surface area contributed by atoms with E-state index >= 15 is 0 Å². The molecule has 1 saturated heterocycles. The molecule has 1 aromatic carbocycles. The van der Waals surface area contributed by atoms with Gasteiger partial charge in [0, 0.05) is 19.3 Å². The molecule has 1 atom stereocenters. The lowest BCUT2D eigenvalue weighted by Gasteiger charge is -2.28. The van der Waals surface area contributed by atoms with Crippen LogP contribution in [0, 0.1) is 5.92 Å². The Labute approximate surface area is 124 Å². The summed E-state index contributed by atoms with van der Waals surface area (Å²) < 4.78 is 32.6. The average Bonchev–Trinajstić information content (AvgIpc) is 2.42. The highest BCUT2D eigenvalue weighted by molar-refractivity contribution is 7.89. The van der Waals surface area contributed by atoms with E-state index in [1.54, 1.807) is 0 Å². The van der Waals surface area contributed by atoms with Crippen molar-refractivity contribution in [1.82, 2.24) is 4.72 Å². The number of anilines is 1. The van der Waals surface area contributed by atoms with Gasteiger partial charge >= 0.3 is 0 Å². The van der Waals surface area contributed by atoms with E-state index in [1.807, 2.05) is 6.92 Å². The number of halogens is 1. The van der Waals surface area contributed by atoms with E-state index < -0.39 is 10.0 Å². The largest absolute Gasteiger partial charge is 0.398 e. The van der Waals surface area contributed by atoms with Crippen molar-refractivity contribution in [3.8, 4) is 0 Å². The second-order valence-electron chi connectivity index (χ2n) is 5.04. The molecule has 0 spiro atoms. The van der Waals surface area contributed by atoms with Gasteiger partial charge in [-0.2, -0.15) is 0 Å². The lowest BCUT2D eigenvalue weighted by molar-refractivity contribution is 0.0585. The van der Waals surface area contributed by atoms with Gasteiger partial charge in [0.25, 0.3) is 0 Å². The molecule has 0 saturated carbocycles. The van der Waals surface area contributed by atoms with Crippen molar-refractivity contribution in [2.45, 2.75) is 30.7 Å². The van der Waals surface area contributed by atoms with E-state index in [0.29, 0.717) is 24.8 Å². The first-order valence-electron chi connectivity index (χ1n) is 6.55. The molecule has 2 rings (SSSR count). The van der Waals surface area contributed by atoms with Gasteiger partial charge in [0.1, 0.15) is 0 Å². The number of hydrogen-bond acceptors (Lipinski definition) is 4. The van der Waals surface area contributed by atoms with Crippen LogP contribution in [0.15, 0.2) is 23.1 Å². The molecular weight excluding hydrogens is 300 g/mol. The van der Waals surface area contributed by atoms with Gasteiger partial charge in [-0.25, -0.2) is 13.1 Å². The summed E-state index contributed by atoms with van der Waals surface area (Å²) in [5.41, 5.74) is 5.95. The first-order chi connectivity index (χ1) is 9.40. The molecule has 0 radical (unpaired) electrons. The lowest BCUT2D eigenvalue weighted by Crippen LogP contribution is -2.40. The van der Waals surface area contributed by atoms with Crippen LogP contribution in [0.25, 0.3) is 0 Å². The first-order valence-corrected chi connectivity index (χ1v) is 8.41. The predicted molar refractivity (Wildman–Crippen MR) is 79.2 cm³/mol. The number of nitrogens with two attached hydrogens (primary N) is 1. The fourth-order valence-corrected chi connectivity index (χ4v) is 3.88. The molecule has 3 N–H and O–H groups in total. The minimum absolute atomic E-state index is 0.135. The summed E-state index contributed by atoms with van der Waals surface area (Å²) in [5.74, 6) is 0.294. The van der Waals surface area contributed by atoms with Crippen molar-refractivity contribution >= 4 is 27.3 Å². The Morgan fingerprint density at radius 3 is 2.65 bits per heavy atom. The molecule has 1 heterocycles. The number of sulfonamides is 1. The Kier molecular flexibility index (Phi) is 4.90. The van der Waals surface area contributed by atoms with E-state index in [1.165, 1.54) is 18.2 Å². The maximum Gasteiger partial charge on any atom is 0.240 e. The van der Waals surface area contributed by atoms with Crippen molar-refractivity contribution in [1.29, 1.82) is 0 Å². The molecule has 1 fully saturated rings. The standard InChI is InChI=1S/C13H19ClN2O3S/c1-9(10-4-6-19-7-5-10)16-20(17,18)11-2-3-13(15)12(14)8-11/h2-3,8-10,16H,4-7,15H2,1H3. The van der Waals surface area contributed by atoms with Gasteiger partial charge in [0.15, 0.2) is 0 Å². The number of benzene rings is 1. The number of hydrogen-bond donors (Lipinski definition) is 2. The molecule has 112 valence electrons. The highest BCUT2D eigenvalue weighted by atomic mass is 35.5. The summed E-state index contributed by atoms with van der Waals surface area (Å²) in [6, 6.07) is 4.19. The Morgan fingerprint density at radius 1 is 1.40 bits per heavy atom. The van der Waals surface area contributed by atoms with Crippen LogP contribution < -0.4 is 10.5 Å². The van der Waals surface area contributed by atoms with E-state index in [0.717, 1.165) is 12.8 Å². The van der Waals surface area contributed by atoms with Crippen molar-refractivity contribution in [2.24, 2.45) is 5.92 Å². The molecule has 1 aliphatic rings.